The Morgan fingerprint density at radius 1 is 1.08 bits per heavy atom. The number of rotatable bonds is 9. The van der Waals surface area contributed by atoms with Crippen molar-refractivity contribution in [3.63, 3.8) is 0 Å². The van der Waals surface area contributed by atoms with E-state index in [1.54, 1.807) is 6.92 Å². The Morgan fingerprint density at radius 3 is 2.38 bits per heavy atom. The molecule has 1 atom stereocenters. The maximum absolute atomic E-state index is 12.3. The largest absolute Gasteiger partial charge is 0.491 e. The summed E-state index contributed by atoms with van der Waals surface area (Å²) < 4.78 is 16.6. The predicted molar refractivity (Wildman–Crippen MR) is 101 cm³/mol. The van der Waals surface area contributed by atoms with Crippen LogP contribution in [0.15, 0.2) is 54.6 Å². The highest BCUT2D eigenvalue weighted by atomic mass is 16.5. The van der Waals surface area contributed by atoms with Crippen molar-refractivity contribution < 1.29 is 19.0 Å². The van der Waals surface area contributed by atoms with Crippen LogP contribution in [0.5, 0.6) is 11.5 Å². The molecule has 0 heterocycles. The maximum Gasteiger partial charge on any atom is 0.329 e. The fourth-order valence-electron chi connectivity index (χ4n) is 2.46. The van der Waals surface area contributed by atoms with E-state index >= 15 is 0 Å². The van der Waals surface area contributed by atoms with Gasteiger partial charge in [0.1, 0.15) is 23.6 Å². The third kappa shape index (κ3) is 5.49. The monoisotopic (exact) mass is 357 g/mol. The molecule has 0 saturated heterocycles. The molecule has 0 aliphatic rings. The van der Waals surface area contributed by atoms with Crippen molar-refractivity contribution in [3.05, 3.63) is 60.2 Å². The first-order valence-corrected chi connectivity index (χ1v) is 8.70. The SMILES string of the molecule is COC(=O)C(C)(COc1ccccc1)NCc1ccccc1OC(C)C. The molecule has 0 aliphatic heterocycles. The van der Waals surface area contributed by atoms with E-state index in [1.807, 2.05) is 68.4 Å². The Labute approximate surface area is 155 Å². The lowest BCUT2D eigenvalue weighted by Gasteiger charge is -2.28. The van der Waals surface area contributed by atoms with Crippen LogP contribution in [-0.2, 0) is 16.1 Å². The molecule has 2 rings (SSSR count). The van der Waals surface area contributed by atoms with Crippen LogP contribution in [0.25, 0.3) is 0 Å². The summed E-state index contributed by atoms with van der Waals surface area (Å²) in [6.07, 6.45) is 0.0737. The lowest BCUT2D eigenvalue weighted by Crippen LogP contribution is -2.54. The Hall–Kier alpha value is -2.53. The molecule has 0 saturated carbocycles. The molecule has 1 N–H and O–H groups in total. The van der Waals surface area contributed by atoms with Gasteiger partial charge in [-0.15, -0.1) is 0 Å². The lowest BCUT2D eigenvalue weighted by atomic mass is 10.0. The van der Waals surface area contributed by atoms with Gasteiger partial charge in [-0.25, -0.2) is 4.79 Å². The van der Waals surface area contributed by atoms with Gasteiger partial charge in [0, 0.05) is 12.1 Å². The average Bonchev–Trinajstić information content (AvgIpc) is 2.65. The number of para-hydroxylation sites is 2. The Bertz CT molecular complexity index is 702. The van der Waals surface area contributed by atoms with Gasteiger partial charge < -0.3 is 14.2 Å². The van der Waals surface area contributed by atoms with Gasteiger partial charge in [-0.05, 0) is 39.0 Å². The molecule has 2 aromatic carbocycles. The highest BCUT2D eigenvalue weighted by Gasteiger charge is 2.35. The predicted octanol–water partition coefficient (Wildman–Crippen LogP) is 3.57. The minimum absolute atomic E-state index is 0.0737. The number of benzene rings is 2. The van der Waals surface area contributed by atoms with E-state index in [9.17, 15) is 4.79 Å². The zero-order chi connectivity index (χ0) is 19.0. The second kappa shape index (κ2) is 9.25. The smallest absolute Gasteiger partial charge is 0.329 e. The fraction of sp³-hybridized carbons (Fsp3) is 0.381. The van der Waals surface area contributed by atoms with Gasteiger partial charge >= 0.3 is 5.97 Å². The lowest BCUT2D eigenvalue weighted by molar-refractivity contribution is -0.149. The van der Waals surface area contributed by atoms with E-state index in [2.05, 4.69) is 5.32 Å². The molecule has 5 heteroatoms. The van der Waals surface area contributed by atoms with Crippen LogP contribution in [0.2, 0.25) is 0 Å². The maximum atomic E-state index is 12.3. The van der Waals surface area contributed by atoms with Gasteiger partial charge in [0.15, 0.2) is 0 Å². The van der Waals surface area contributed by atoms with Gasteiger partial charge in [0.25, 0.3) is 0 Å². The zero-order valence-electron chi connectivity index (χ0n) is 15.8. The second-order valence-electron chi connectivity index (χ2n) is 6.55. The summed E-state index contributed by atoms with van der Waals surface area (Å²) in [6.45, 7) is 6.34. The van der Waals surface area contributed by atoms with E-state index in [1.165, 1.54) is 7.11 Å². The molecule has 0 aromatic heterocycles. The number of methoxy groups -OCH3 is 1. The summed E-state index contributed by atoms with van der Waals surface area (Å²) >= 11 is 0. The number of ether oxygens (including phenoxy) is 3. The van der Waals surface area contributed by atoms with Crippen molar-refractivity contribution in [2.75, 3.05) is 13.7 Å². The van der Waals surface area contributed by atoms with Crippen molar-refractivity contribution in [1.29, 1.82) is 0 Å². The minimum atomic E-state index is -0.991. The van der Waals surface area contributed by atoms with E-state index in [4.69, 9.17) is 14.2 Å². The molecule has 0 spiro atoms. The van der Waals surface area contributed by atoms with Gasteiger partial charge in [-0.2, -0.15) is 0 Å². The van der Waals surface area contributed by atoms with Crippen LogP contribution < -0.4 is 14.8 Å². The van der Waals surface area contributed by atoms with Crippen LogP contribution in [0, 0.1) is 0 Å². The summed E-state index contributed by atoms with van der Waals surface area (Å²) in [5, 5.41) is 3.27. The molecule has 5 nitrogen and oxygen atoms in total. The number of nitrogens with one attached hydrogen (secondary N) is 1. The van der Waals surface area contributed by atoms with E-state index < -0.39 is 5.54 Å². The minimum Gasteiger partial charge on any atom is -0.491 e. The Balaban J connectivity index is 2.09. The average molecular weight is 357 g/mol. The number of hydrogen-bond donors (Lipinski definition) is 1. The molecular formula is C21H27NO4. The fourth-order valence-corrected chi connectivity index (χ4v) is 2.46. The van der Waals surface area contributed by atoms with Crippen molar-refractivity contribution in [2.24, 2.45) is 0 Å². The van der Waals surface area contributed by atoms with Gasteiger partial charge in [0.05, 0.1) is 13.2 Å². The summed E-state index contributed by atoms with van der Waals surface area (Å²) in [5.74, 6) is 1.12. The standard InChI is InChI=1S/C21H27NO4/c1-16(2)26-19-13-9-8-10-17(19)14-22-21(3,20(23)24-4)15-25-18-11-6-5-7-12-18/h5-13,16,22H,14-15H2,1-4H3. The molecule has 2 aromatic rings. The van der Waals surface area contributed by atoms with Crippen LogP contribution in [-0.4, -0.2) is 31.3 Å². The molecule has 0 amide bonds. The van der Waals surface area contributed by atoms with Crippen LogP contribution in [0.3, 0.4) is 0 Å². The van der Waals surface area contributed by atoms with E-state index in [0.29, 0.717) is 12.3 Å². The highest BCUT2D eigenvalue weighted by molar-refractivity contribution is 5.80. The second-order valence-corrected chi connectivity index (χ2v) is 6.55. The molecular weight excluding hydrogens is 330 g/mol. The molecule has 26 heavy (non-hydrogen) atoms. The number of carbonyl (C=O) groups is 1. The van der Waals surface area contributed by atoms with Crippen molar-refractivity contribution in [3.8, 4) is 11.5 Å². The first-order valence-electron chi connectivity index (χ1n) is 8.70. The van der Waals surface area contributed by atoms with E-state index in [0.717, 1.165) is 11.3 Å². The Morgan fingerprint density at radius 2 is 1.73 bits per heavy atom. The first kappa shape index (κ1) is 19.8. The van der Waals surface area contributed by atoms with Crippen LogP contribution in [0.1, 0.15) is 26.3 Å². The van der Waals surface area contributed by atoms with Gasteiger partial charge in [-0.3, -0.25) is 5.32 Å². The molecule has 0 bridgehead atoms. The summed E-state index contributed by atoms with van der Waals surface area (Å²) in [6, 6.07) is 17.2. The third-order valence-electron chi connectivity index (χ3n) is 3.91. The van der Waals surface area contributed by atoms with Crippen molar-refractivity contribution in [1.82, 2.24) is 5.32 Å². The van der Waals surface area contributed by atoms with Gasteiger partial charge in [0.2, 0.25) is 0 Å². The summed E-state index contributed by atoms with van der Waals surface area (Å²) in [4.78, 5) is 12.3. The molecule has 140 valence electrons. The summed E-state index contributed by atoms with van der Waals surface area (Å²) in [7, 11) is 1.38. The van der Waals surface area contributed by atoms with E-state index in [-0.39, 0.29) is 18.7 Å². The molecule has 1 unspecified atom stereocenters. The normalized spacial score (nSPS) is 13.1. The number of esters is 1. The number of carbonyl (C=O) groups excluding carboxylic acids is 1. The third-order valence-corrected chi connectivity index (χ3v) is 3.91. The molecule has 0 aliphatic carbocycles. The molecule has 0 radical (unpaired) electrons. The van der Waals surface area contributed by atoms with Crippen LogP contribution >= 0.6 is 0 Å². The quantitative estimate of drug-likeness (QED) is 0.695. The topological polar surface area (TPSA) is 56.8 Å². The van der Waals surface area contributed by atoms with Crippen molar-refractivity contribution >= 4 is 5.97 Å². The molecule has 0 fully saturated rings. The first-order chi connectivity index (χ1) is 12.4. The summed E-state index contributed by atoms with van der Waals surface area (Å²) in [5.41, 5.74) is -0.0220. The van der Waals surface area contributed by atoms with Gasteiger partial charge in [-0.1, -0.05) is 36.4 Å². The number of hydrogen-bond acceptors (Lipinski definition) is 5. The van der Waals surface area contributed by atoms with Crippen molar-refractivity contribution in [2.45, 2.75) is 39.0 Å². The highest BCUT2D eigenvalue weighted by Crippen LogP contribution is 2.21. The Kier molecular flexibility index (Phi) is 7.04. The van der Waals surface area contributed by atoms with Crippen LogP contribution in [0.4, 0.5) is 0 Å². The zero-order valence-corrected chi connectivity index (χ0v) is 15.8.